The molecule has 112 valence electrons. The first kappa shape index (κ1) is 15.7. The van der Waals surface area contributed by atoms with Crippen molar-refractivity contribution in [1.29, 1.82) is 0 Å². The van der Waals surface area contributed by atoms with Crippen molar-refractivity contribution in [2.24, 2.45) is 0 Å². The van der Waals surface area contributed by atoms with Crippen LogP contribution in [0.2, 0.25) is 0 Å². The number of methoxy groups -OCH3 is 2. The van der Waals surface area contributed by atoms with Crippen LogP contribution < -0.4 is 20.8 Å². The van der Waals surface area contributed by atoms with Crippen molar-refractivity contribution >= 4 is 38.8 Å². The van der Waals surface area contributed by atoms with Crippen LogP contribution in [0, 0.1) is 0 Å². The van der Waals surface area contributed by atoms with Gasteiger partial charge in [-0.1, -0.05) is 20.7 Å². The molecule has 0 saturated heterocycles. The number of fused-ring (bicyclic) bond motifs is 1. The van der Waals surface area contributed by atoms with E-state index in [1.807, 2.05) is 5.38 Å². The fraction of sp³-hybridized carbons (Fsp3) is 0.154. The van der Waals surface area contributed by atoms with Crippen LogP contribution in [-0.2, 0) is 0 Å². The molecule has 0 atom stereocenters. The van der Waals surface area contributed by atoms with Gasteiger partial charge in [-0.3, -0.25) is 9.36 Å². The van der Waals surface area contributed by atoms with Gasteiger partial charge in [0.1, 0.15) is 17.2 Å². The number of benzene rings is 1. The van der Waals surface area contributed by atoms with Crippen molar-refractivity contribution in [2.75, 3.05) is 20.0 Å². The van der Waals surface area contributed by atoms with Gasteiger partial charge in [0.15, 0.2) is 0 Å². The van der Waals surface area contributed by atoms with Crippen molar-refractivity contribution in [1.82, 2.24) is 4.57 Å². The van der Waals surface area contributed by atoms with Crippen LogP contribution in [0.15, 0.2) is 28.4 Å². The molecule has 0 fully saturated rings. The molecule has 2 aliphatic rings. The molecule has 0 amide bonds. The highest BCUT2D eigenvalue weighted by Gasteiger charge is 2.23. The molecule has 8 heteroatoms. The summed E-state index contributed by atoms with van der Waals surface area (Å²) in [7, 11) is 6.19. The molecule has 2 N–H and O–H groups in total. The SMILES string of the molecule is COc1ccc(-n2c3cssc-3c(N)c2=O)c(OC)c1.Cl. The molecule has 2 heterocycles. The monoisotopic (exact) mass is 344 g/mol. The van der Waals surface area contributed by atoms with Gasteiger partial charge in [-0.25, -0.2) is 0 Å². The predicted octanol–water partition coefficient (Wildman–Crippen LogP) is 3.09. The van der Waals surface area contributed by atoms with E-state index < -0.39 is 0 Å². The summed E-state index contributed by atoms with van der Waals surface area (Å²) in [6.07, 6.45) is 0. The first-order chi connectivity index (χ1) is 9.67. The molecule has 0 bridgehead atoms. The Morgan fingerprint density at radius 2 is 2.00 bits per heavy atom. The number of nitrogen functional groups attached to an aromatic ring is 1. The van der Waals surface area contributed by atoms with Gasteiger partial charge in [-0.15, -0.1) is 12.4 Å². The van der Waals surface area contributed by atoms with Gasteiger partial charge < -0.3 is 15.2 Å². The Morgan fingerprint density at radius 3 is 2.67 bits per heavy atom. The van der Waals surface area contributed by atoms with E-state index in [2.05, 4.69) is 0 Å². The molecular weight excluding hydrogens is 332 g/mol. The second-order valence-corrected chi connectivity index (χ2v) is 6.18. The van der Waals surface area contributed by atoms with E-state index in [0.29, 0.717) is 17.2 Å². The van der Waals surface area contributed by atoms with Crippen molar-refractivity contribution < 1.29 is 9.47 Å². The highest BCUT2D eigenvalue weighted by molar-refractivity contribution is 7.70. The van der Waals surface area contributed by atoms with E-state index in [9.17, 15) is 4.79 Å². The normalized spacial score (nSPS) is 10.4. The first-order valence-electron chi connectivity index (χ1n) is 5.77. The summed E-state index contributed by atoms with van der Waals surface area (Å²) in [6, 6.07) is 5.32. The molecule has 1 aromatic rings. The number of nitrogens with zero attached hydrogens (tertiary/aromatic N) is 1. The Morgan fingerprint density at radius 1 is 1.24 bits per heavy atom. The third-order valence-corrected chi connectivity index (χ3v) is 5.16. The zero-order valence-corrected chi connectivity index (χ0v) is 13.7. The van der Waals surface area contributed by atoms with Gasteiger partial charge in [0.05, 0.1) is 30.5 Å². The Balaban J connectivity index is 0.00000161. The average Bonchev–Trinajstić information content (AvgIpc) is 3.03. The van der Waals surface area contributed by atoms with Gasteiger partial charge in [-0.2, -0.15) is 0 Å². The molecule has 0 saturated carbocycles. The van der Waals surface area contributed by atoms with E-state index in [4.69, 9.17) is 15.2 Å². The van der Waals surface area contributed by atoms with E-state index in [-0.39, 0.29) is 23.7 Å². The minimum absolute atomic E-state index is 0. The largest absolute Gasteiger partial charge is 0.497 e. The van der Waals surface area contributed by atoms with E-state index >= 15 is 0 Å². The van der Waals surface area contributed by atoms with Crippen LogP contribution in [0.5, 0.6) is 11.5 Å². The maximum atomic E-state index is 12.3. The lowest BCUT2D eigenvalue weighted by molar-refractivity contribution is 0.393. The maximum Gasteiger partial charge on any atom is 0.280 e. The molecule has 0 aromatic heterocycles. The Labute approximate surface area is 134 Å². The minimum Gasteiger partial charge on any atom is -0.497 e. The van der Waals surface area contributed by atoms with Crippen molar-refractivity contribution in [3.05, 3.63) is 33.9 Å². The molecule has 0 unspecified atom stereocenters. The molecule has 21 heavy (non-hydrogen) atoms. The van der Waals surface area contributed by atoms with Crippen molar-refractivity contribution in [2.45, 2.75) is 0 Å². The van der Waals surface area contributed by atoms with Crippen LogP contribution in [0.4, 0.5) is 5.69 Å². The fourth-order valence-corrected chi connectivity index (χ4v) is 4.26. The maximum absolute atomic E-state index is 12.3. The number of hydrogen-bond acceptors (Lipinski definition) is 6. The lowest BCUT2D eigenvalue weighted by Gasteiger charge is -2.11. The molecule has 5 nitrogen and oxygen atoms in total. The van der Waals surface area contributed by atoms with E-state index in [1.54, 1.807) is 47.3 Å². The molecule has 0 aliphatic carbocycles. The van der Waals surface area contributed by atoms with Gasteiger partial charge in [0.2, 0.25) is 0 Å². The second kappa shape index (κ2) is 5.97. The summed E-state index contributed by atoms with van der Waals surface area (Å²) in [5.41, 5.74) is 7.42. The standard InChI is InChI=1S/C13H12N2O3S2.ClH/c1-17-7-3-4-8(10(5-7)18-2)15-9-6-19-20-12(9)11(14)13(15)16;/h3-6H,14H2,1-2H3;1H. The van der Waals surface area contributed by atoms with Gasteiger partial charge >= 0.3 is 0 Å². The zero-order valence-electron chi connectivity index (χ0n) is 11.3. The summed E-state index contributed by atoms with van der Waals surface area (Å²) in [6.45, 7) is 0. The first-order valence-corrected chi connectivity index (χ1v) is 7.98. The number of hydrogen-bond donors (Lipinski definition) is 1. The number of ether oxygens (including phenoxy) is 2. The molecular formula is C13H13ClN2O3S2. The Bertz CT molecular complexity index is 793. The van der Waals surface area contributed by atoms with Gasteiger partial charge in [0.25, 0.3) is 5.56 Å². The molecule has 0 radical (unpaired) electrons. The Hall–Kier alpha value is -1.70. The van der Waals surface area contributed by atoms with Crippen LogP contribution in [-0.4, -0.2) is 18.8 Å². The summed E-state index contributed by atoms with van der Waals surface area (Å²) in [5.74, 6) is 1.23. The molecule has 0 spiro atoms. The lowest BCUT2D eigenvalue weighted by Crippen LogP contribution is -2.16. The highest BCUT2D eigenvalue weighted by Crippen LogP contribution is 2.39. The fourth-order valence-electron chi connectivity index (χ4n) is 2.09. The zero-order chi connectivity index (χ0) is 14.3. The van der Waals surface area contributed by atoms with Crippen molar-refractivity contribution in [3.63, 3.8) is 0 Å². The lowest BCUT2D eigenvalue weighted by atomic mass is 10.2. The quantitative estimate of drug-likeness (QED) is 0.741. The summed E-state index contributed by atoms with van der Waals surface area (Å²) < 4.78 is 12.1. The molecule has 2 aliphatic heterocycles. The van der Waals surface area contributed by atoms with Crippen LogP contribution in [0.3, 0.4) is 0 Å². The topological polar surface area (TPSA) is 66.5 Å². The average molecular weight is 345 g/mol. The van der Waals surface area contributed by atoms with E-state index in [1.165, 1.54) is 10.3 Å². The van der Waals surface area contributed by atoms with Gasteiger partial charge in [0, 0.05) is 11.4 Å². The second-order valence-electron chi connectivity index (χ2n) is 4.10. The third-order valence-electron chi connectivity index (χ3n) is 3.07. The van der Waals surface area contributed by atoms with Crippen LogP contribution in [0.1, 0.15) is 0 Å². The number of halogens is 1. The van der Waals surface area contributed by atoms with Crippen LogP contribution >= 0.6 is 33.1 Å². The number of anilines is 1. The van der Waals surface area contributed by atoms with Crippen molar-refractivity contribution in [3.8, 4) is 27.8 Å². The number of rotatable bonds is 3. The summed E-state index contributed by atoms with van der Waals surface area (Å²) in [4.78, 5) is 13.2. The minimum atomic E-state index is -0.220. The molecule has 3 rings (SSSR count). The predicted molar refractivity (Wildman–Crippen MR) is 89.2 cm³/mol. The molecule has 1 aromatic carbocycles. The summed E-state index contributed by atoms with van der Waals surface area (Å²) in [5, 5.41) is 1.92. The third kappa shape index (κ3) is 2.37. The smallest absolute Gasteiger partial charge is 0.280 e. The highest BCUT2D eigenvalue weighted by atomic mass is 35.5. The van der Waals surface area contributed by atoms with E-state index in [0.717, 1.165) is 10.6 Å². The Kier molecular flexibility index (Phi) is 4.46. The van der Waals surface area contributed by atoms with Crippen LogP contribution in [0.25, 0.3) is 16.3 Å². The number of aromatic nitrogens is 1. The number of nitrogens with two attached hydrogens (primary N) is 1. The van der Waals surface area contributed by atoms with Gasteiger partial charge in [-0.05, 0) is 12.1 Å². The summed E-state index contributed by atoms with van der Waals surface area (Å²) >= 11 is 0.